The molecule has 2 rings (SSSR count). The van der Waals surface area contributed by atoms with E-state index in [1.165, 1.54) is 71.0 Å². The van der Waals surface area contributed by atoms with Gasteiger partial charge in [0.25, 0.3) is 0 Å². The maximum Gasteiger partial charge on any atom is 0.0117 e. The zero-order valence-electron chi connectivity index (χ0n) is 15.3. The van der Waals surface area contributed by atoms with Gasteiger partial charge in [-0.15, -0.1) is 6.58 Å². The van der Waals surface area contributed by atoms with Gasteiger partial charge in [-0.25, -0.2) is 0 Å². The van der Waals surface area contributed by atoms with E-state index in [0.29, 0.717) is 5.41 Å². The zero-order valence-corrected chi connectivity index (χ0v) is 15.3. The Balaban J connectivity index is 1.69. The van der Waals surface area contributed by atoms with Crippen molar-refractivity contribution in [1.82, 2.24) is 9.80 Å². The van der Waals surface area contributed by atoms with Crippen LogP contribution in [-0.4, -0.2) is 48.6 Å². The Kier molecular flexibility index (Phi) is 6.95. The maximum atomic E-state index is 3.82. The van der Waals surface area contributed by atoms with E-state index in [9.17, 15) is 0 Å². The lowest BCUT2D eigenvalue weighted by atomic mass is 9.61. The van der Waals surface area contributed by atoms with Crippen LogP contribution in [0.25, 0.3) is 0 Å². The lowest BCUT2D eigenvalue weighted by Gasteiger charge is -2.53. The average Bonchev–Trinajstić information content (AvgIpc) is 2.51. The van der Waals surface area contributed by atoms with E-state index in [1.54, 1.807) is 0 Å². The summed E-state index contributed by atoms with van der Waals surface area (Å²) in [5, 5.41) is 0. The molecule has 0 aromatic heterocycles. The van der Waals surface area contributed by atoms with Crippen molar-refractivity contribution in [3.63, 3.8) is 0 Å². The second-order valence-corrected chi connectivity index (χ2v) is 7.84. The van der Waals surface area contributed by atoms with Crippen molar-refractivity contribution < 1.29 is 0 Å². The van der Waals surface area contributed by atoms with E-state index in [1.807, 2.05) is 6.08 Å². The van der Waals surface area contributed by atoms with E-state index in [4.69, 9.17) is 0 Å². The molecule has 0 amide bonds. The van der Waals surface area contributed by atoms with Crippen LogP contribution in [0.4, 0.5) is 0 Å². The fourth-order valence-electron chi connectivity index (χ4n) is 4.76. The standard InChI is InChI=1S/C20H38N2/c1-5-8-9-13-21(4)18-10-14-22(15-11-18)19-16-20(7-3,17-19)12-6-2/h5,18-19H,1,6-17H2,2-4H3. The highest BCUT2D eigenvalue weighted by Gasteiger charge is 2.44. The van der Waals surface area contributed by atoms with Crippen LogP contribution in [0.5, 0.6) is 0 Å². The Morgan fingerprint density at radius 1 is 1.23 bits per heavy atom. The fourth-order valence-corrected chi connectivity index (χ4v) is 4.76. The lowest BCUT2D eigenvalue weighted by Crippen LogP contribution is -2.54. The lowest BCUT2D eigenvalue weighted by molar-refractivity contribution is -0.0269. The van der Waals surface area contributed by atoms with Crippen molar-refractivity contribution >= 4 is 0 Å². The molecule has 1 aliphatic carbocycles. The molecule has 1 heterocycles. The van der Waals surface area contributed by atoms with Gasteiger partial charge in [-0.1, -0.05) is 32.8 Å². The fraction of sp³-hybridized carbons (Fsp3) is 0.900. The van der Waals surface area contributed by atoms with Gasteiger partial charge >= 0.3 is 0 Å². The highest BCUT2D eigenvalue weighted by atomic mass is 15.2. The molecule has 1 saturated heterocycles. The molecule has 0 bridgehead atoms. The van der Waals surface area contributed by atoms with Gasteiger partial charge in [-0.2, -0.15) is 0 Å². The van der Waals surface area contributed by atoms with Crippen LogP contribution in [0.3, 0.4) is 0 Å². The molecule has 22 heavy (non-hydrogen) atoms. The highest BCUT2D eigenvalue weighted by molar-refractivity contribution is 4.99. The van der Waals surface area contributed by atoms with E-state index in [0.717, 1.165) is 18.5 Å². The van der Waals surface area contributed by atoms with Crippen LogP contribution in [-0.2, 0) is 0 Å². The second kappa shape index (κ2) is 8.49. The van der Waals surface area contributed by atoms with Crippen molar-refractivity contribution in [3.05, 3.63) is 12.7 Å². The first kappa shape index (κ1) is 18.0. The third-order valence-corrected chi connectivity index (χ3v) is 6.43. The quantitative estimate of drug-likeness (QED) is 0.450. The van der Waals surface area contributed by atoms with Crippen LogP contribution in [0, 0.1) is 5.41 Å². The number of allylic oxidation sites excluding steroid dienone is 1. The minimum atomic E-state index is 0.706. The number of hydrogen-bond donors (Lipinski definition) is 0. The van der Waals surface area contributed by atoms with Gasteiger partial charge in [0.2, 0.25) is 0 Å². The molecule has 2 fully saturated rings. The van der Waals surface area contributed by atoms with Crippen LogP contribution >= 0.6 is 0 Å². The molecule has 0 aromatic carbocycles. The van der Waals surface area contributed by atoms with Gasteiger partial charge in [0.15, 0.2) is 0 Å². The molecule has 2 aliphatic rings. The van der Waals surface area contributed by atoms with E-state index < -0.39 is 0 Å². The van der Waals surface area contributed by atoms with Crippen LogP contribution in [0.15, 0.2) is 12.7 Å². The van der Waals surface area contributed by atoms with Gasteiger partial charge in [0.05, 0.1) is 0 Å². The summed E-state index contributed by atoms with van der Waals surface area (Å²) in [6.07, 6.45) is 14.3. The monoisotopic (exact) mass is 306 g/mol. The molecule has 0 unspecified atom stereocenters. The molecule has 0 atom stereocenters. The Morgan fingerprint density at radius 2 is 1.91 bits per heavy atom. The number of nitrogens with zero attached hydrogens (tertiary/aromatic N) is 2. The van der Waals surface area contributed by atoms with Crippen LogP contribution in [0.2, 0.25) is 0 Å². The first-order valence-corrected chi connectivity index (χ1v) is 9.69. The molecule has 0 N–H and O–H groups in total. The van der Waals surface area contributed by atoms with Crippen molar-refractivity contribution in [1.29, 1.82) is 0 Å². The third-order valence-electron chi connectivity index (χ3n) is 6.43. The molecule has 0 spiro atoms. The number of likely N-dealkylation sites (tertiary alicyclic amines) is 1. The number of unbranched alkanes of at least 4 members (excludes halogenated alkanes) is 1. The molecular weight excluding hydrogens is 268 g/mol. The normalized spacial score (nSPS) is 30.5. The molecular formula is C20H38N2. The summed E-state index contributed by atoms with van der Waals surface area (Å²) in [7, 11) is 2.32. The number of hydrogen-bond acceptors (Lipinski definition) is 2. The predicted molar refractivity (Wildman–Crippen MR) is 97.3 cm³/mol. The Morgan fingerprint density at radius 3 is 2.45 bits per heavy atom. The average molecular weight is 307 g/mol. The van der Waals surface area contributed by atoms with Crippen LogP contribution < -0.4 is 0 Å². The molecule has 2 heteroatoms. The van der Waals surface area contributed by atoms with Gasteiger partial charge in [0.1, 0.15) is 0 Å². The highest BCUT2D eigenvalue weighted by Crippen LogP contribution is 2.50. The van der Waals surface area contributed by atoms with Crippen molar-refractivity contribution in [3.8, 4) is 0 Å². The van der Waals surface area contributed by atoms with E-state index in [-0.39, 0.29) is 0 Å². The molecule has 0 radical (unpaired) electrons. The minimum Gasteiger partial charge on any atom is -0.303 e. The molecule has 2 nitrogen and oxygen atoms in total. The second-order valence-electron chi connectivity index (χ2n) is 7.84. The molecule has 1 saturated carbocycles. The van der Waals surface area contributed by atoms with Crippen molar-refractivity contribution in [2.45, 2.75) is 83.7 Å². The SMILES string of the molecule is C=CCCCN(C)C1CCN(C2CC(CC)(CCC)C2)CC1. The van der Waals surface area contributed by atoms with E-state index in [2.05, 4.69) is 37.3 Å². The molecule has 1 aliphatic heterocycles. The largest absolute Gasteiger partial charge is 0.303 e. The zero-order chi connectivity index (χ0) is 16.0. The Hall–Kier alpha value is -0.340. The summed E-state index contributed by atoms with van der Waals surface area (Å²) in [6, 6.07) is 1.71. The Bertz CT molecular complexity index is 325. The van der Waals surface area contributed by atoms with E-state index >= 15 is 0 Å². The Labute approximate surface area is 138 Å². The first-order valence-electron chi connectivity index (χ1n) is 9.69. The molecule has 0 aromatic rings. The number of piperidine rings is 1. The topological polar surface area (TPSA) is 6.48 Å². The molecule has 128 valence electrons. The van der Waals surface area contributed by atoms with Gasteiger partial charge in [0, 0.05) is 12.1 Å². The maximum absolute atomic E-state index is 3.82. The minimum absolute atomic E-state index is 0.706. The van der Waals surface area contributed by atoms with Gasteiger partial charge < -0.3 is 9.80 Å². The first-order chi connectivity index (χ1) is 10.6. The summed E-state index contributed by atoms with van der Waals surface area (Å²) < 4.78 is 0. The summed E-state index contributed by atoms with van der Waals surface area (Å²) in [4.78, 5) is 5.40. The third kappa shape index (κ3) is 4.35. The van der Waals surface area contributed by atoms with Crippen LogP contribution in [0.1, 0.15) is 71.6 Å². The van der Waals surface area contributed by atoms with Crippen molar-refractivity contribution in [2.24, 2.45) is 5.41 Å². The smallest absolute Gasteiger partial charge is 0.0117 e. The van der Waals surface area contributed by atoms with Gasteiger partial charge in [-0.3, -0.25) is 0 Å². The summed E-state index contributed by atoms with van der Waals surface area (Å²) in [5.74, 6) is 0. The van der Waals surface area contributed by atoms with Gasteiger partial charge in [-0.05, 0) is 77.0 Å². The van der Waals surface area contributed by atoms with Crippen molar-refractivity contribution in [2.75, 3.05) is 26.7 Å². The predicted octanol–water partition coefficient (Wildman–Crippen LogP) is 4.71. The summed E-state index contributed by atoms with van der Waals surface area (Å²) in [6.45, 7) is 12.5. The summed E-state index contributed by atoms with van der Waals surface area (Å²) in [5.41, 5.74) is 0.706. The number of rotatable bonds is 9. The summed E-state index contributed by atoms with van der Waals surface area (Å²) >= 11 is 0.